The molecule has 5 nitrogen and oxygen atoms in total. The van der Waals surface area contributed by atoms with E-state index in [1.165, 1.54) is 10.8 Å². The van der Waals surface area contributed by atoms with Crippen LogP contribution in [0.3, 0.4) is 0 Å². The maximum absolute atomic E-state index is 11.7. The smallest absolute Gasteiger partial charge is 0.129 e. The van der Waals surface area contributed by atoms with E-state index in [-0.39, 0.29) is 11.7 Å². The lowest BCUT2D eigenvalue weighted by Gasteiger charge is -2.35. The zero-order chi connectivity index (χ0) is 45.9. The van der Waals surface area contributed by atoms with Gasteiger partial charge in [-0.1, -0.05) is 155 Å². The van der Waals surface area contributed by atoms with Crippen molar-refractivity contribution in [2.45, 2.75) is 31.8 Å². The second-order valence-corrected chi connectivity index (χ2v) is 16.8. The number of nitrogens with zero attached hydrogens (tertiary/aromatic N) is 3. The summed E-state index contributed by atoms with van der Waals surface area (Å²) in [5, 5.41) is 28.4. The molecule has 1 N–H and O–H groups in total. The van der Waals surface area contributed by atoms with Crippen LogP contribution in [0.1, 0.15) is 36.8 Å². The quantitative estimate of drug-likeness (QED) is 0.0672. The number of nitriles is 1. The molecule has 5 heteroatoms. The van der Waals surface area contributed by atoms with Gasteiger partial charge in [-0.25, -0.2) is 0 Å². The number of allylic oxidation sites excluding steroid dienone is 12. The fraction of sp³-hybridized carbons (Fsp3) is 0.0984. The average molecular weight is 858 g/mol. The molecule has 0 radical (unpaired) electrons. The molecular weight excluding hydrogens is 807 g/mol. The Bertz CT molecular complexity index is 3270. The summed E-state index contributed by atoms with van der Waals surface area (Å²) in [4.78, 5) is 4.22. The van der Waals surface area contributed by atoms with Crippen molar-refractivity contribution in [1.29, 1.82) is 5.26 Å². The normalized spacial score (nSPS) is 16.8. The van der Waals surface area contributed by atoms with Crippen LogP contribution in [0.5, 0.6) is 5.75 Å². The van der Waals surface area contributed by atoms with Crippen LogP contribution >= 0.6 is 0 Å². The summed E-state index contributed by atoms with van der Waals surface area (Å²) in [6.45, 7) is 26.3. The maximum Gasteiger partial charge on any atom is 0.129 e. The lowest BCUT2D eigenvalue weighted by molar-refractivity contribution is 0.257. The van der Waals surface area contributed by atoms with Gasteiger partial charge in [0.05, 0.1) is 12.0 Å². The van der Waals surface area contributed by atoms with Gasteiger partial charge in [0.2, 0.25) is 0 Å². The maximum atomic E-state index is 11.7. The number of rotatable bonds is 14. The highest BCUT2D eigenvalue weighted by Gasteiger charge is 2.31. The van der Waals surface area contributed by atoms with E-state index < -0.39 is 6.10 Å². The fourth-order valence-corrected chi connectivity index (χ4v) is 9.36. The van der Waals surface area contributed by atoms with E-state index in [1.54, 1.807) is 12.2 Å². The molecule has 2 aliphatic carbocycles. The minimum atomic E-state index is -0.440. The molecule has 6 aromatic rings. The standard InChI is InChI=1S/C61H51N3O2/c1-7-8-18-40(2)57-38-51(30-29-47(57)39-62)64(50-31-32-55-46(37-50)28-27-45-19-15-16-24-54(45)55)42(4)36-60-44(6)53-25-17-26-56-52(33-34-59(66-60)61(53)56)43(5)58(65)35-41(3)63(48-20-11-9-12-21-48)49-22-13-10-14-23-49/h7-9,11-13,15-28,30-35,37-38,47,60,65H,1-6,10,14,29,36H2/b18-8-,58-35+. The van der Waals surface area contributed by atoms with Gasteiger partial charge in [0.15, 0.2) is 0 Å². The molecule has 2 unspecified atom stereocenters. The van der Waals surface area contributed by atoms with E-state index in [9.17, 15) is 10.4 Å². The highest BCUT2D eigenvalue weighted by Crippen LogP contribution is 2.45. The highest BCUT2D eigenvalue weighted by atomic mass is 16.5. The van der Waals surface area contributed by atoms with Gasteiger partial charge in [-0.05, 0) is 123 Å². The van der Waals surface area contributed by atoms with Crippen molar-refractivity contribution in [2.75, 3.05) is 9.80 Å². The van der Waals surface area contributed by atoms with Gasteiger partial charge in [-0.15, -0.1) is 0 Å². The Morgan fingerprint density at radius 3 is 2.35 bits per heavy atom. The predicted molar refractivity (Wildman–Crippen MR) is 278 cm³/mol. The highest BCUT2D eigenvalue weighted by molar-refractivity contribution is 6.09. The first-order valence-corrected chi connectivity index (χ1v) is 22.3. The Morgan fingerprint density at radius 1 is 0.788 bits per heavy atom. The van der Waals surface area contributed by atoms with Gasteiger partial charge in [0.25, 0.3) is 0 Å². The van der Waals surface area contributed by atoms with Gasteiger partial charge in [0, 0.05) is 57.6 Å². The van der Waals surface area contributed by atoms with Gasteiger partial charge < -0.3 is 19.6 Å². The molecular formula is C61H51N3O2. The summed E-state index contributed by atoms with van der Waals surface area (Å²) in [5.41, 5.74) is 9.85. The Labute approximate surface area is 387 Å². The molecule has 0 bridgehead atoms. The van der Waals surface area contributed by atoms with Crippen molar-refractivity contribution in [3.8, 4) is 11.8 Å². The van der Waals surface area contributed by atoms with Crippen LogP contribution in [0, 0.1) is 17.2 Å². The SMILES string of the molecule is C=C/C=C\C(=C)C1=CC(N(C(=C)CC2Oc3ccc(C(=C)/C(O)=C\C(=C)N(C4=CCCC=C4)c4ccccc4)c4cccc(c34)C2=C)c2ccc3c(ccc4ccccc43)c2)=CCC1C#N. The molecule has 1 aliphatic heterocycles. The summed E-state index contributed by atoms with van der Waals surface area (Å²) in [5.74, 6) is 0.390. The molecule has 6 aromatic carbocycles. The minimum absolute atomic E-state index is 0.0179. The second-order valence-electron chi connectivity index (χ2n) is 16.8. The molecule has 0 saturated heterocycles. The van der Waals surface area contributed by atoms with Crippen molar-refractivity contribution in [2.24, 2.45) is 5.92 Å². The van der Waals surface area contributed by atoms with Crippen molar-refractivity contribution in [3.63, 3.8) is 0 Å². The zero-order valence-corrected chi connectivity index (χ0v) is 37.1. The predicted octanol–water partition coefficient (Wildman–Crippen LogP) is 15.7. The van der Waals surface area contributed by atoms with Crippen molar-refractivity contribution < 1.29 is 9.84 Å². The third-order valence-corrected chi connectivity index (χ3v) is 12.7. The molecule has 0 fully saturated rings. The Kier molecular flexibility index (Phi) is 12.0. The number of anilines is 2. The second kappa shape index (κ2) is 18.4. The largest absolute Gasteiger partial charge is 0.507 e. The third-order valence-electron chi connectivity index (χ3n) is 12.7. The molecule has 322 valence electrons. The first-order valence-electron chi connectivity index (χ1n) is 22.3. The number of fused-ring (bicyclic) bond motifs is 3. The molecule has 2 atom stereocenters. The van der Waals surface area contributed by atoms with E-state index in [0.717, 1.165) is 90.7 Å². The summed E-state index contributed by atoms with van der Waals surface area (Å²) < 4.78 is 6.89. The van der Waals surface area contributed by atoms with Crippen LogP contribution in [0.15, 0.2) is 249 Å². The number of hydrogen-bond donors (Lipinski definition) is 1. The van der Waals surface area contributed by atoms with E-state index in [4.69, 9.17) is 11.3 Å². The number of ether oxygens (including phenoxy) is 1. The molecule has 0 spiro atoms. The molecule has 0 amide bonds. The van der Waals surface area contributed by atoms with E-state index in [2.05, 4.69) is 135 Å². The Balaban J connectivity index is 1.03. The lowest BCUT2D eigenvalue weighted by Crippen LogP contribution is -2.29. The number of aliphatic hydroxyl groups is 1. The molecule has 0 saturated carbocycles. The monoisotopic (exact) mass is 857 g/mol. The molecule has 0 aromatic heterocycles. The average Bonchev–Trinajstić information content (AvgIpc) is 3.35. The van der Waals surface area contributed by atoms with Crippen LogP contribution in [-0.4, -0.2) is 11.2 Å². The fourth-order valence-electron chi connectivity index (χ4n) is 9.36. The molecule has 66 heavy (non-hydrogen) atoms. The van der Waals surface area contributed by atoms with Gasteiger partial charge in [-0.2, -0.15) is 5.26 Å². The first-order chi connectivity index (χ1) is 32.1. The Morgan fingerprint density at radius 2 is 1.56 bits per heavy atom. The van der Waals surface area contributed by atoms with Gasteiger partial charge in [-0.3, -0.25) is 0 Å². The van der Waals surface area contributed by atoms with Crippen molar-refractivity contribution >= 4 is 54.8 Å². The van der Waals surface area contributed by atoms with Crippen LogP contribution in [0.25, 0.3) is 43.5 Å². The summed E-state index contributed by atoms with van der Waals surface area (Å²) >= 11 is 0. The van der Waals surface area contributed by atoms with Crippen molar-refractivity contribution in [1.82, 2.24) is 0 Å². The van der Waals surface area contributed by atoms with E-state index in [0.29, 0.717) is 29.9 Å². The minimum Gasteiger partial charge on any atom is -0.507 e. The number of benzene rings is 6. The summed E-state index contributed by atoms with van der Waals surface area (Å²) in [6.07, 6.45) is 20.2. The van der Waals surface area contributed by atoms with Gasteiger partial charge in [0.1, 0.15) is 17.6 Å². The molecule has 1 heterocycles. The molecule has 9 rings (SSSR count). The first kappa shape index (κ1) is 42.9. The zero-order valence-electron chi connectivity index (χ0n) is 37.1. The molecule has 3 aliphatic rings. The summed E-state index contributed by atoms with van der Waals surface area (Å²) in [7, 11) is 0. The van der Waals surface area contributed by atoms with Crippen LogP contribution in [0.2, 0.25) is 0 Å². The lowest BCUT2D eigenvalue weighted by atomic mass is 9.86. The van der Waals surface area contributed by atoms with E-state index in [1.807, 2.05) is 71.6 Å². The van der Waals surface area contributed by atoms with Gasteiger partial charge >= 0.3 is 0 Å². The van der Waals surface area contributed by atoms with Crippen LogP contribution in [0.4, 0.5) is 11.4 Å². The van der Waals surface area contributed by atoms with Crippen molar-refractivity contribution in [3.05, 3.63) is 260 Å². The summed E-state index contributed by atoms with van der Waals surface area (Å²) in [6, 6.07) is 41.8. The number of para-hydroxylation sites is 1. The number of hydrogen-bond acceptors (Lipinski definition) is 5. The van der Waals surface area contributed by atoms with Crippen LogP contribution in [-0.2, 0) is 0 Å². The Hall–Kier alpha value is -8.33. The topological polar surface area (TPSA) is 59.7 Å². The van der Waals surface area contributed by atoms with E-state index >= 15 is 0 Å². The third kappa shape index (κ3) is 8.17. The van der Waals surface area contributed by atoms with Crippen LogP contribution < -0.4 is 14.5 Å². The number of aliphatic hydroxyl groups excluding tert-OH is 1.